The fourth-order valence-corrected chi connectivity index (χ4v) is 1.18. The summed E-state index contributed by atoms with van der Waals surface area (Å²) in [5.74, 6) is 1.02. The minimum atomic E-state index is -0.550. The third-order valence-electron chi connectivity index (χ3n) is 1.85. The van der Waals surface area contributed by atoms with E-state index in [1.54, 1.807) is 18.2 Å². The van der Waals surface area contributed by atoms with E-state index in [0.717, 1.165) is 5.56 Å². The monoisotopic (exact) mass is 215 g/mol. The van der Waals surface area contributed by atoms with Gasteiger partial charge in [0.2, 0.25) is 0 Å². The third kappa shape index (κ3) is 3.38. The predicted octanol–water partition coefficient (Wildman–Crippen LogP) is 1.52. The summed E-state index contributed by atoms with van der Waals surface area (Å²) in [6, 6.07) is 5.18. The van der Waals surface area contributed by atoms with Crippen molar-refractivity contribution in [2.24, 2.45) is 0 Å². The third-order valence-corrected chi connectivity index (χ3v) is 1.85. The molecule has 0 unspecified atom stereocenters. The highest BCUT2D eigenvalue weighted by Crippen LogP contribution is 2.27. The Bertz CT molecular complexity index is 307. The maximum absolute atomic E-state index is 11.9. The molecule has 0 fully saturated rings. The molecule has 0 aliphatic heterocycles. The van der Waals surface area contributed by atoms with Crippen LogP contribution in [-0.2, 0) is 6.54 Å². The van der Waals surface area contributed by atoms with E-state index in [2.05, 4.69) is 0 Å². The molecule has 1 rings (SSSR count). The van der Waals surface area contributed by atoms with Crippen LogP contribution in [-0.4, -0.2) is 25.6 Å². The van der Waals surface area contributed by atoms with E-state index in [0.29, 0.717) is 18.0 Å². The van der Waals surface area contributed by atoms with E-state index in [-0.39, 0.29) is 6.61 Å². The number of hydrogen-bond acceptors (Lipinski definition) is 4. The molecular weight excluding hydrogens is 201 g/mol. The Balaban J connectivity index is 2.81. The number of benzene rings is 1. The minimum absolute atomic E-state index is 0.00757. The molecule has 0 amide bonds. The van der Waals surface area contributed by atoms with Gasteiger partial charge in [-0.2, -0.15) is 0 Å². The Morgan fingerprint density at radius 1 is 1.40 bits per heavy atom. The van der Waals surface area contributed by atoms with Crippen LogP contribution < -0.4 is 15.0 Å². The Kier molecular flexibility index (Phi) is 4.86. The largest absolute Gasteiger partial charge is 0.493 e. The number of halogens is 1. The zero-order valence-electron chi connectivity index (χ0n) is 8.50. The quantitative estimate of drug-likeness (QED) is 0.706. The molecule has 0 saturated heterocycles. The van der Waals surface area contributed by atoms with Crippen LogP contribution in [0.5, 0.6) is 11.5 Å². The van der Waals surface area contributed by atoms with Gasteiger partial charge in [-0.1, -0.05) is 6.07 Å². The molecule has 0 heterocycles. The molecule has 0 aliphatic rings. The van der Waals surface area contributed by atoms with E-state index in [4.69, 9.17) is 14.7 Å². The van der Waals surface area contributed by atoms with Crippen molar-refractivity contribution in [1.29, 1.82) is 0 Å². The number of methoxy groups -OCH3 is 1. The van der Waals surface area contributed by atoms with Crippen molar-refractivity contribution < 1.29 is 19.1 Å². The van der Waals surface area contributed by atoms with Crippen molar-refractivity contribution in [2.45, 2.75) is 6.54 Å². The first kappa shape index (κ1) is 11.7. The van der Waals surface area contributed by atoms with Gasteiger partial charge in [-0.15, -0.1) is 0 Å². The van der Waals surface area contributed by atoms with Crippen molar-refractivity contribution >= 4 is 0 Å². The fourth-order valence-electron chi connectivity index (χ4n) is 1.18. The van der Waals surface area contributed by atoms with E-state index in [1.807, 2.05) is 5.48 Å². The second-order valence-electron chi connectivity index (χ2n) is 2.86. The lowest BCUT2D eigenvalue weighted by Crippen LogP contribution is -2.07. The van der Waals surface area contributed by atoms with Crippen molar-refractivity contribution in [2.75, 3.05) is 20.4 Å². The van der Waals surface area contributed by atoms with Crippen LogP contribution in [0.25, 0.3) is 0 Å². The number of rotatable bonds is 6. The molecule has 84 valence electrons. The van der Waals surface area contributed by atoms with Crippen LogP contribution in [0.2, 0.25) is 0 Å². The van der Waals surface area contributed by atoms with E-state index in [9.17, 15) is 4.39 Å². The van der Waals surface area contributed by atoms with Crippen molar-refractivity contribution in [3.8, 4) is 11.5 Å². The topological polar surface area (TPSA) is 50.7 Å². The van der Waals surface area contributed by atoms with Crippen molar-refractivity contribution in [3.05, 3.63) is 23.8 Å². The maximum atomic E-state index is 11.9. The second-order valence-corrected chi connectivity index (χ2v) is 2.86. The standard InChI is InChI=1S/C10H14FNO3/c1-14-9-3-2-8(7-12-13)6-10(9)15-5-4-11/h2-3,6,12-13H,4-5,7H2,1H3. The Morgan fingerprint density at radius 2 is 2.20 bits per heavy atom. The molecule has 15 heavy (non-hydrogen) atoms. The van der Waals surface area contributed by atoms with Crippen LogP contribution in [0.3, 0.4) is 0 Å². The lowest BCUT2D eigenvalue weighted by Gasteiger charge is -2.10. The molecule has 5 heteroatoms. The van der Waals surface area contributed by atoms with Crippen LogP contribution in [0, 0.1) is 0 Å². The smallest absolute Gasteiger partial charge is 0.161 e. The average molecular weight is 215 g/mol. The first-order chi connectivity index (χ1) is 7.31. The lowest BCUT2D eigenvalue weighted by molar-refractivity contribution is 0.161. The summed E-state index contributed by atoms with van der Waals surface area (Å²) in [5, 5.41) is 8.53. The highest BCUT2D eigenvalue weighted by molar-refractivity contribution is 5.42. The molecule has 0 bridgehead atoms. The lowest BCUT2D eigenvalue weighted by atomic mass is 10.2. The molecule has 1 aromatic rings. The van der Waals surface area contributed by atoms with Gasteiger partial charge in [-0.3, -0.25) is 0 Å². The molecule has 0 radical (unpaired) electrons. The molecule has 0 aromatic heterocycles. The summed E-state index contributed by atoms with van der Waals surface area (Å²) >= 11 is 0. The summed E-state index contributed by atoms with van der Waals surface area (Å²) in [6.07, 6.45) is 0. The highest BCUT2D eigenvalue weighted by Gasteiger charge is 2.05. The van der Waals surface area contributed by atoms with Crippen LogP contribution in [0.1, 0.15) is 5.56 Å². The van der Waals surface area contributed by atoms with Gasteiger partial charge in [0.05, 0.1) is 7.11 Å². The number of alkyl halides is 1. The van der Waals surface area contributed by atoms with Gasteiger partial charge >= 0.3 is 0 Å². The van der Waals surface area contributed by atoms with Gasteiger partial charge in [0.15, 0.2) is 11.5 Å². The average Bonchev–Trinajstić information content (AvgIpc) is 2.27. The molecule has 0 saturated carbocycles. The summed E-state index contributed by atoms with van der Waals surface area (Å²) in [4.78, 5) is 0. The van der Waals surface area contributed by atoms with E-state index < -0.39 is 6.67 Å². The normalized spacial score (nSPS) is 10.1. The fraction of sp³-hybridized carbons (Fsp3) is 0.400. The number of hydroxylamine groups is 1. The SMILES string of the molecule is COc1ccc(CNO)cc1OCCF. The highest BCUT2D eigenvalue weighted by atomic mass is 19.1. The molecule has 4 nitrogen and oxygen atoms in total. The Hall–Kier alpha value is -1.33. The molecule has 0 aliphatic carbocycles. The molecule has 2 N–H and O–H groups in total. The molecular formula is C10H14FNO3. The van der Waals surface area contributed by atoms with E-state index in [1.165, 1.54) is 7.11 Å². The number of ether oxygens (including phenoxy) is 2. The summed E-state index contributed by atoms with van der Waals surface area (Å²) < 4.78 is 22.1. The van der Waals surface area contributed by atoms with Crippen LogP contribution >= 0.6 is 0 Å². The summed E-state index contributed by atoms with van der Waals surface area (Å²) in [6.45, 7) is -0.256. The molecule has 0 atom stereocenters. The first-order valence-corrected chi connectivity index (χ1v) is 4.54. The van der Waals surface area contributed by atoms with Gasteiger partial charge in [0, 0.05) is 6.54 Å². The Morgan fingerprint density at radius 3 is 2.80 bits per heavy atom. The zero-order valence-corrected chi connectivity index (χ0v) is 8.50. The van der Waals surface area contributed by atoms with Gasteiger partial charge in [-0.05, 0) is 17.7 Å². The minimum Gasteiger partial charge on any atom is -0.493 e. The van der Waals surface area contributed by atoms with Crippen molar-refractivity contribution in [3.63, 3.8) is 0 Å². The van der Waals surface area contributed by atoms with Gasteiger partial charge in [0.1, 0.15) is 13.3 Å². The molecule has 0 spiro atoms. The first-order valence-electron chi connectivity index (χ1n) is 4.54. The van der Waals surface area contributed by atoms with Gasteiger partial charge in [-0.25, -0.2) is 9.87 Å². The second kappa shape index (κ2) is 6.21. The molecule has 1 aromatic carbocycles. The van der Waals surface area contributed by atoms with E-state index >= 15 is 0 Å². The van der Waals surface area contributed by atoms with Crippen LogP contribution in [0.4, 0.5) is 4.39 Å². The Labute approximate surface area is 87.6 Å². The number of nitrogens with one attached hydrogen (secondary N) is 1. The van der Waals surface area contributed by atoms with Gasteiger partial charge in [0.25, 0.3) is 0 Å². The number of hydrogen-bond donors (Lipinski definition) is 2. The maximum Gasteiger partial charge on any atom is 0.161 e. The van der Waals surface area contributed by atoms with Crippen molar-refractivity contribution in [1.82, 2.24) is 5.48 Å². The zero-order chi connectivity index (χ0) is 11.1. The van der Waals surface area contributed by atoms with Crippen LogP contribution in [0.15, 0.2) is 18.2 Å². The predicted molar refractivity (Wildman–Crippen MR) is 53.1 cm³/mol. The van der Waals surface area contributed by atoms with Gasteiger partial charge < -0.3 is 14.7 Å². The summed E-state index contributed by atoms with van der Waals surface area (Å²) in [5.41, 5.74) is 2.86. The summed E-state index contributed by atoms with van der Waals surface area (Å²) in [7, 11) is 1.52.